The van der Waals surface area contributed by atoms with Crippen molar-refractivity contribution in [3.05, 3.63) is 57.9 Å². The second-order valence-corrected chi connectivity index (χ2v) is 11.5. The van der Waals surface area contributed by atoms with Crippen LogP contribution in [0.1, 0.15) is 71.4 Å². The predicted molar refractivity (Wildman–Crippen MR) is 126 cm³/mol. The van der Waals surface area contributed by atoms with Gasteiger partial charge in [-0.2, -0.15) is 0 Å². The Kier molecular flexibility index (Phi) is 4.50. The Labute approximate surface area is 192 Å². The second-order valence-electron chi connectivity index (χ2n) is 10.7. The molecular weight excluding hydrogens is 418 g/mol. The number of thiophene rings is 1. The number of nitrogens with zero attached hydrogens (tertiary/aromatic N) is 2. The summed E-state index contributed by atoms with van der Waals surface area (Å²) in [6.07, 6.45) is 8.29. The van der Waals surface area contributed by atoms with Crippen molar-refractivity contribution in [2.75, 3.05) is 0 Å². The summed E-state index contributed by atoms with van der Waals surface area (Å²) in [5.74, 6) is 0.952. The number of hydrogen-bond donors (Lipinski definition) is 2. The average molecular weight is 448 g/mol. The van der Waals surface area contributed by atoms with Gasteiger partial charge in [-0.15, -0.1) is 11.3 Å². The van der Waals surface area contributed by atoms with Crippen LogP contribution in [0.2, 0.25) is 0 Å². The standard InChI is InChI=1S/C26H29N3O2S/c1-15-13-32-23-20(6-17-4-3-16(2)27-12-17)7-21(28-22(15)23)24(30)29-25-8-18-5-19(9-25)11-26(31,10-18)14-25/h3-4,7,12-13,18-19,31H,5-6,8-11,14H2,1-2H3,(H,29,30). The fourth-order valence-corrected chi connectivity index (χ4v) is 7.93. The maximum Gasteiger partial charge on any atom is 0.270 e. The predicted octanol–water partition coefficient (Wildman–Crippen LogP) is 4.71. The van der Waals surface area contributed by atoms with Crippen molar-refractivity contribution in [2.45, 2.75) is 69.9 Å². The molecule has 1 amide bonds. The van der Waals surface area contributed by atoms with E-state index in [-0.39, 0.29) is 11.4 Å². The molecule has 4 fully saturated rings. The molecule has 2 N–H and O–H groups in total. The molecule has 7 rings (SSSR count). The zero-order valence-corrected chi connectivity index (χ0v) is 19.5. The minimum Gasteiger partial charge on any atom is -0.390 e. The highest BCUT2D eigenvalue weighted by Crippen LogP contribution is 2.57. The maximum absolute atomic E-state index is 13.5. The molecule has 0 radical (unpaired) electrons. The third kappa shape index (κ3) is 3.44. The summed E-state index contributed by atoms with van der Waals surface area (Å²) in [7, 11) is 0. The van der Waals surface area contributed by atoms with Crippen molar-refractivity contribution < 1.29 is 9.90 Å². The van der Waals surface area contributed by atoms with Gasteiger partial charge in [0.2, 0.25) is 0 Å². The first kappa shape index (κ1) is 20.3. The van der Waals surface area contributed by atoms with E-state index >= 15 is 0 Å². The average Bonchev–Trinajstić information content (AvgIpc) is 3.08. The lowest BCUT2D eigenvalue weighted by molar-refractivity contribution is -0.139. The first-order chi connectivity index (χ1) is 15.3. The monoisotopic (exact) mass is 447 g/mol. The molecular formula is C26H29N3O2S. The number of aryl methyl sites for hydroxylation is 2. The van der Waals surface area contributed by atoms with Crippen LogP contribution in [0.3, 0.4) is 0 Å². The van der Waals surface area contributed by atoms with Gasteiger partial charge in [0.15, 0.2) is 0 Å². The largest absolute Gasteiger partial charge is 0.390 e. The van der Waals surface area contributed by atoms with Crippen LogP contribution in [0.5, 0.6) is 0 Å². The number of carbonyl (C=O) groups is 1. The summed E-state index contributed by atoms with van der Waals surface area (Å²) in [5.41, 5.74) is 4.88. The summed E-state index contributed by atoms with van der Waals surface area (Å²) in [5, 5.41) is 16.5. The Balaban J connectivity index is 1.33. The quantitative estimate of drug-likeness (QED) is 0.607. The SMILES string of the molecule is Cc1ccc(Cc2cc(C(=O)NC34CC5CC(CC(O)(C5)C3)C4)nc3c(C)csc23)cn1. The van der Waals surface area contributed by atoms with E-state index in [1.807, 2.05) is 25.3 Å². The molecule has 6 heteroatoms. The number of aliphatic hydroxyl groups is 1. The summed E-state index contributed by atoms with van der Waals surface area (Å²) in [4.78, 5) is 22.7. The molecule has 4 aliphatic rings. The van der Waals surface area contributed by atoms with Crippen LogP contribution in [0.25, 0.3) is 10.2 Å². The normalized spacial score (nSPS) is 30.7. The van der Waals surface area contributed by atoms with E-state index in [0.717, 1.165) is 64.7 Å². The smallest absolute Gasteiger partial charge is 0.270 e. The first-order valence-electron chi connectivity index (χ1n) is 11.6. The first-order valence-corrected chi connectivity index (χ1v) is 12.5. The molecule has 3 aromatic heterocycles. The lowest BCUT2D eigenvalue weighted by atomic mass is 9.51. The van der Waals surface area contributed by atoms with E-state index in [0.29, 0.717) is 24.0 Å². The Hall–Kier alpha value is -2.31. The molecule has 166 valence electrons. The summed E-state index contributed by atoms with van der Waals surface area (Å²) in [6.45, 7) is 4.04. The zero-order valence-electron chi connectivity index (χ0n) is 18.6. The lowest BCUT2D eigenvalue weighted by Crippen LogP contribution is -2.65. The molecule has 0 spiro atoms. The number of carbonyl (C=O) groups excluding carboxylic acids is 1. The molecule has 4 aliphatic carbocycles. The van der Waals surface area contributed by atoms with Gasteiger partial charge in [0.05, 0.1) is 15.8 Å². The van der Waals surface area contributed by atoms with Gasteiger partial charge >= 0.3 is 0 Å². The van der Waals surface area contributed by atoms with Crippen LogP contribution in [0, 0.1) is 25.7 Å². The molecule has 3 aromatic rings. The van der Waals surface area contributed by atoms with E-state index in [9.17, 15) is 9.90 Å². The topological polar surface area (TPSA) is 75.1 Å². The Morgan fingerprint density at radius 3 is 2.69 bits per heavy atom. The van der Waals surface area contributed by atoms with Gasteiger partial charge in [-0.05, 0) is 98.4 Å². The number of amides is 1. The zero-order chi connectivity index (χ0) is 22.1. The van der Waals surface area contributed by atoms with Gasteiger partial charge < -0.3 is 10.4 Å². The van der Waals surface area contributed by atoms with Crippen molar-refractivity contribution >= 4 is 27.5 Å². The molecule has 0 aliphatic heterocycles. The highest BCUT2D eigenvalue weighted by atomic mass is 32.1. The minimum absolute atomic E-state index is 0.105. The van der Waals surface area contributed by atoms with Gasteiger partial charge in [-0.25, -0.2) is 4.98 Å². The molecule has 0 aromatic carbocycles. The van der Waals surface area contributed by atoms with Crippen molar-refractivity contribution in [3.63, 3.8) is 0 Å². The van der Waals surface area contributed by atoms with Gasteiger partial charge in [-0.3, -0.25) is 9.78 Å². The second kappa shape index (κ2) is 7.09. The Morgan fingerprint density at radius 2 is 2.00 bits per heavy atom. The molecule has 0 saturated heterocycles. The van der Waals surface area contributed by atoms with Gasteiger partial charge in [-0.1, -0.05) is 6.07 Å². The molecule has 4 bridgehead atoms. The summed E-state index contributed by atoms with van der Waals surface area (Å²) in [6, 6.07) is 6.09. The number of fused-ring (bicyclic) bond motifs is 1. The fraction of sp³-hybridized carbons (Fsp3) is 0.500. The highest BCUT2D eigenvalue weighted by molar-refractivity contribution is 7.17. The van der Waals surface area contributed by atoms with Crippen LogP contribution in [-0.4, -0.2) is 32.1 Å². The van der Waals surface area contributed by atoms with E-state index in [1.165, 1.54) is 6.42 Å². The highest BCUT2D eigenvalue weighted by Gasteiger charge is 2.57. The van der Waals surface area contributed by atoms with E-state index in [1.54, 1.807) is 11.3 Å². The number of pyridine rings is 2. The molecule has 32 heavy (non-hydrogen) atoms. The number of hydrogen-bond acceptors (Lipinski definition) is 5. The summed E-state index contributed by atoms with van der Waals surface area (Å²) < 4.78 is 1.14. The van der Waals surface area contributed by atoms with Crippen molar-refractivity contribution in [3.8, 4) is 0 Å². The van der Waals surface area contributed by atoms with Crippen molar-refractivity contribution in [1.82, 2.24) is 15.3 Å². The van der Waals surface area contributed by atoms with Crippen LogP contribution < -0.4 is 5.32 Å². The minimum atomic E-state index is -0.595. The van der Waals surface area contributed by atoms with Gasteiger partial charge in [0.1, 0.15) is 5.69 Å². The van der Waals surface area contributed by atoms with Crippen LogP contribution in [0.4, 0.5) is 0 Å². The molecule has 5 nitrogen and oxygen atoms in total. The van der Waals surface area contributed by atoms with E-state index in [2.05, 4.69) is 28.7 Å². The molecule has 2 unspecified atom stereocenters. The third-order valence-electron chi connectivity index (χ3n) is 7.79. The fourth-order valence-electron chi connectivity index (χ4n) is 6.92. The molecule has 4 saturated carbocycles. The van der Waals surface area contributed by atoms with Crippen molar-refractivity contribution in [1.29, 1.82) is 0 Å². The van der Waals surface area contributed by atoms with Gasteiger partial charge in [0.25, 0.3) is 5.91 Å². The van der Waals surface area contributed by atoms with Crippen LogP contribution in [0.15, 0.2) is 29.8 Å². The number of aromatic nitrogens is 2. The lowest BCUT2D eigenvalue weighted by Gasteiger charge is -2.60. The maximum atomic E-state index is 13.5. The summed E-state index contributed by atoms with van der Waals surface area (Å²) >= 11 is 1.69. The van der Waals surface area contributed by atoms with Crippen LogP contribution in [-0.2, 0) is 6.42 Å². The van der Waals surface area contributed by atoms with E-state index < -0.39 is 5.60 Å². The Morgan fingerprint density at radius 1 is 1.22 bits per heavy atom. The van der Waals surface area contributed by atoms with Gasteiger partial charge in [0, 0.05) is 23.9 Å². The molecule has 2 atom stereocenters. The van der Waals surface area contributed by atoms with Crippen LogP contribution >= 0.6 is 11.3 Å². The molecule has 3 heterocycles. The number of nitrogens with one attached hydrogen (secondary N) is 1. The van der Waals surface area contributed by atoms with Crippen molar-refractivity contribution in [2.24, 2.45) is 11.8 Å². The Bertz CT molecular complexity index is 1200. The third-order valence-corrected chi connectivity index (χ3v) is 8.95. The number of rotatable bonds is 4. The van der Waals surface area contributed by atoms with E-state index in [4.69, 9.17) is 4.98 Å².